The first-order chi connectivity index (χ1) is 16.1. The van der Waals surface area contributed by atoms with E-state index in [1.54, 1.807) is 12.4 Å². The molecule has 0 aliphatic heterocycles. The molecule has 7 nitrogen and oxygen atoms in total. The maximum absolute atomic E-state index is 13.2. The van der Waals surface area contributed by atoms with E-state index in [2.05, 4.69) is 25.2 Å². The molecule has 34 heavy (non-hydrogen) atoms. The van der Waals surface area contributed by atoms with E-state index < -0.39 is 36.9 Å². The average molecular weight is 484 g/mol. The van der Waals surface area contributed by atoms with Crippen molar-refractivity contribution in [1.29, 1.82) is 0 Å². The summed E-state index contributed by atoms with van der Waals surface area (Å²) in [6, 6.07) is 1.72. The minimum Gasteiger partial charge on any atom is -0.355 e. The van der Waals surface area contributed by atoms with Crippen LogP contribution in [-0.2, 0) is 11.2 Å². The van der Waals surface area contributed by atoms with Gasteiger partial charge in [0.1, 0.15) is 22.9 Å². The van der Waals surface area contributed by atoms with Gasteiger partial charge in [-0.15, -0.1) is 0 Å². The SMILES string of the molecule is O=C(NCCc1nc2cnc3[nH]ccc3c2n1C1CCC(NCC(F)(F)F)CC1)C1CC1(F)F. The van der Waals surface area contributed by atoms with Crippen molar-refractivity contribution in [2.75, 3.05) is 13.1 Å². The van der Waals surface area contributed by atoms with Crippen molar-refractivity contribution < 1.29 is 26.7 Å². The highest BCUT2D eigenvalue weighted by Gasteiger charge is 2.61. The second-order valence-electron chi connectivity index (χ2n) is 9.19. The Morgan fingerprint density at radius 2 is 1.97 bits per heavy atom. The molecular formula is C22H25F5N6O. The zero-order valence-corrected chi connectivity index (χ0v) is 18.3. The van der Waals surface area contributed by atoms with Crippen LogP contribution in [0, 0.1) is 5.92 Å². The Bertz CT molecular complexity index is 1190. The third kappa shape index (κ3) is 4.59. The third-order valence-corrected chi connectivity index (χ3v) is 6.75. The topological polar surface area (TPSA) is 87.6 Å². The van der Waals surface area contributed by atoms with Crippen molar-refractivity contribution in [3.8, 4) is 0 Å². The number of aromatic nitrogens is 4. The first-order valence-electron chi connectivity index (χ1n) is 11.4. The molecule has 0 saturated heterocycles. The summed E-state index contributed by atoms with van der Waals surface area (Å²) in [7, 11) is 0. The van der Waals surface area contributed by atoms with Crippen molar-refractivity contribution in [2.45, 2.75) is 62.7 Å². The second-order valence-corrected chi connectivity index (χ2v) is 9.19. The highest BCUT2D eigenvalue weighted by Crippen LogP contribution is 2.48. The monoisotopic (exact) mass is 484 g/mol. The fourth-order valence-corrected chi connectivity index (χ4v) is 4.93. The van der Waals surface area contributed by atoms with E-state index in [1.807, 2.05) is 6.07 Å². The van der Waals surface area contributed by atoms with Gasteiger partial charge in [0.05, 0.1) is 18.3 Å². The fourth-order valence-electron chi connectivity index (χ4n) is 4.93. The lowest BCUT2D eigenvalue weighted by molar-refractivity contribution is -0.127. The van der Waals surface area contributed by atoms with Crippen LogP contribution in [0.25, 0.3) is 22.1 Å². The van der Waals surface area contributed by atoms with E-state index in [0.717, 1.165) is 10.9 Å². The summed E-state index contributed by atoms with van der Waals surface area (Å²) >= 11 is 0. The van der Waals surface area contributed by atoms with Gasteiger partial charge in [-0.2, -0.15) is 13.2 Å². The fraction of sp³-hybridized carbons (Fsp3) is 0.591. The van der Waals surface area contributed by atoms with E-state index >= 15 is 0 Å². The van der Waals surface area contributed by atoms with E-state index in [1.165, 1.54) is 0 Å². The van der Waals surface area contributed by atoms with Gasteiger partial charge in [-0.05, 0) is 31.7 Å². The molecule has 0 radical (unpaired) electrons. The molecule has 2 fully saturated rings. The number of nitrogens with one attached hydrogen (secondary N) is 3. The molecular weight excluding hydrogens is 459 g/mol. The zero-order valence-electron chi connectivity index (χ0n) is 18.3. The van der Waals surface area contributed by atoms with E-state index in [4.69, 9.17) is 4.98 Å². The lowest BCUT2D eigenvalue weighted by Crippen LogP contribution is -2.39. The molecule has 0 spiro atoms. The zero-order chi connectivity index (χ0) is 24.1. The number of H-pyrrole nitrogens is 1. The van der Waals surface area contributed by atoms with Crippen molar-refractivity contribution in [3.05, 3.63) is 24.3 Å². The van der Waals surface area contributed by atoms with Crippen molar-refractivity contribution in [2.24, 2.45) is 5.92 Å². The molecule has 3 aromatic rings. The second kappa shape index (κ2) is 8.47. The lowest BCUT2D eigenvalue weighted by atomic mass is 9.90. The smallest absolute Gasteiger partial charge is 0.355 e. The van der Waals surface area contributed by atoms with Gasteiger partial charge in [0.25, 0.3) is 5.92 Å². The Balaban J connectivity index is 1.35. The minimum atomic E-state index is -4.24. The Labute approximate surface area is 191 Å². The normalized spacial score (nSPS) is 24.6. The molecule has 0 bridgehead atoms. The van der Waals surface area contributed by atoms with Crippen LogP contribution in [0.3, 0.4) is 0 Å². The van der Waals surface area contributed by atoms with E-state index in [0.29, 0.717) is 49.1 Å². The van der Waals surface area contributed by atoms with Gasteiger partial charge < -0.3 is 20.2 Å². The number of rotatable bonds is 7. The molecule has 2 aliphatic carbocycles. The van der Waals surface area contributed by atoms with Crippen LogP contribution in [0.5, 0.6) is 0 Å². The molecule has 12 heteroatoms. The minimum absolute atomic E-state index is 0.0212. The van der Waals surface area contributed by atoms with Crippen LogP contribution < -0.4 is 10.6 Å². The molecule has 2 aliphatic rings. The average Bonchev–Trinajstić information content (AvgIpc) is 3.12. The Hall–Kier alpha value is -2.76. The van der Waals surface area contributed by atoms with Gasteiger partial charge in [0.2, 0.25) is 5.91 Å². The van der Waals surface area contributed by atoms with Gasteiger partial charge in [-0.25, -0.2) is 18.7 Å². The van der Waals surface area contributed by atoms with Crippen molar-refractivity contribution >= 4 is 28.0 Å². The third-order valence-electron chi connectivity index (χ3n) is 6.75. The van der Waals surface area contributed by atoms with Crippen LogP contribution in [-0.4, -0.2) is 56.7 Å². The summed E-state index contributed by atoms with van der Waals surface area (Å²) in [6.07, 6.45) is 1.65. The first kappa shape index (κ1) is 23.0. The summed E-state index contributed by atoms with van der Waals surface area (Å²) in [5, 5.41) is 6.07. The molecule has 0 aromatic carbocycles. The predicted octanol–water partition coefficient (Wildman–Crippen LogP) is 3.86. The number of halogens is 5. The van der Waals surface area contributed by atoms with E-state index in [9.17, 15) is 26.7 Å². The summed E-state index contributed by atoms with van der Waals surface area (Å²) in [6.45, 7) is -0.835. The van der Waals surface area contributed by atoms with Crippen LogP contribution in [0.4, 0.5) is 22.0 Å². The Morgan fingerprint density at radius 1 is 1.24 bits per heavy atom. The number of hydrogen-bond acceptors (Lipinski definition) is 4. The van der Waals surface area contributed by atoms with E-state index in [-0.39, 0.29) is 18.6 Å². The molecule has 1 amide bonds. The Kier molecular flexibility index (Phi) is 5.73. The highest BCUT2D eigenvalue weighted by molar-refractivity contribution is 6.01. The van der Waals surface area contributed by atoms with Crippen LogP contribution in [0.15, 0.2) is 18.5 Å². The molecule has 3 aromatic heterocycles. The number of nitrogens with zero attached hydrogens (tertiary/aromatic N) is 3. The number of alkyl halides is 5. The van der Waals surface area contributed by atoms with Crippen LogP contribution >= 0.6 is 0 Å². The van der Waals surface area contributed by atoms with Gasteiger partial charge in [0, 0.05) is 43.1 Å². The highest BCUT2D eigenvalue weighted by atomic mass is 19.4. The lowest BCUT2D eigenvalue weighted by Gasteiger charge is -2.31. The van der Waals surface area contributed by atoms with Gasteiger partial charge >= 0.3 is 6.18 Å². The number of amides is 1. The van der Waals surface area contributed by atoms with Crippen LogP contribution in [0.2, 0.25) is 0 Å². The summed E-state index contributed by atoms with van der Waals surface area (Å²) in [5.41, 5.74) is 2.26. The maximum Gasteiger partial charge on any atom is 0.401 e. The number of imidazole rings is 1. The number of carbonyl (C=O) groups is 1. The van der Waals surface area contributed by atoms with Gasteiger partial charge in [0.15, 0.2) is 0 Å². The number of hydrogen-bond donors (Lipinski definition) is 3. The van der Waals surface area contributed by atoms with Crippen molar-refractivity contribution in [1.82, 2.24) is 30.2 Å². The molecule has 5 rings (SSSR count). The molecule has 3 heterocycles. The number of pyridine rings is 1. The molecule has 1 atom stereocenters. The number of aromatic amines is 1. The predicted molar refractivity (Wildman–Crippen MR) is 115 cm³/mol. The molecule has 3 N–H and O–H groups in total. The number of fused-ring (bicyclic) bond motifs is 3. The maximum atomic E-state index is 13.2. The molecule has 1 unspecified atom stereocenters. The quantitative estimate of drug-likeness (QED) is 0.445. The van der Waals surface area contributed by atoms with Crippen molar-refractivity contribution in [3.63, 3.8) is 0 Å². The first-order valence-corrected chi connectivity index (χ1v) is 11.4. The summed E-state index contributed by atoms with van der Waals surface area (Å²) in [5.74, 6) is -4.13. The van der Waals surface area contributed by atoms with Crippen LogP contribution in [0.1, 0.15) is 44.0 Å². The Morgan fingerprint density at radius 3 is 2.65 bits per heavy atom. The standard InChI is InChI=1S/C22H25F5N6O/c23-21(24)9-15(21)20(34)29-8-6-17-32-16-10-30-19-14(5-7-28-19)18(16)33(17)13-3-1-12(2-4-13)31-11-22(25,26)27/h5,7,10,12-13,15,31H,1-4,6,8-9,11H2,(H,28,30)(H,29,34). The largest absolute Gasteiger partial charge is 0.401 e. The summed E-state index contributed by atoms with van der Waals surface area (Å²) in [4.78, 5) is 24.1. The van der Waals surface area contributed by atoms with Gasteiger partial charge in [-0.1, -0.05) is 0 Å². The summed E-state index contributed by atoms with van der Waals surface area (Å²) < 4.78 is 66.1. The number of carbonyl (C=O) groups excluding carboxylic acids is 1. The molecule has 184 valence electrons. The molecule has 2 saturated carbocycles. The van der Waals surface area contributed by atoms with Gasteiger partial charge in [-0.3, -0.25) is 4.79 Å².